The molecule has 2 atom stereocenters. The van der Waals surface area contributed by atoms with Crippen molar-refractivity contribution in [2.45, 2.75) is 12.8 Å². The van der Waals surface area contributed by atoms with Crippen molar-refractivity contribution in [1.82, 2.24) is 10.3 Å². The average molecular weight is 220 g/mol. The van der Waals surface area contributed by atoms with E-state index in [9.17, 15) is 4.79 Å². The molecule has 1 aliphatic rings. The van der Waals surface area contributed by atoms with Crippen molar-refractivity contribution in [3.63, 3.8) is 0 Å². The van der Waals surface area contributed by atoms with Gasteiger partial charge in [-0.25, -0.2) is 0 Å². The number of hydrogen-bond acceptors (Lipinski definition) is 4. The number of rotatable bonds is 3. The van der Waals surface area contributed by atoms with Gasteiger partial charge >= 0.3 is 5.97 Å². The monoisotopic (exact) mass is 220 g/mol. The lowest BCUT2D eigenvalue weighted by atomic mass is 9.90. The van der Waals surface area contributed by atoms with Crippen LogP contribution in [0.4, 0.5) is 0 Å². The largest absolute Gasteiger partial charge is 0.466 e. The zero-order chi connectivity index (χ0) is 11.4. The Hall–Kier alpha value is -1.42. The summed E-state index contributed by atoms with van der Waals surface area (Å²) in [5.74, 6) is 0.0405. The first-order valence-corrected chi connectivity index (χ1v) is 5.60. The number of hydrogen-bond donors (Lipinski definition) is 1. The number of nitrogens with zero attached hydrogens (tertiary/aromatic N) is 1. The third-order valence-corrected chi connectivity index (χ3v) is 2.94. The molecule has 0 bridgehead atoms. The molecule has 0 saturated carbocycles. The van der Waals surface area contributed by atoms with Crippen molar-refractivity contribution in [3.05, 3.63) is 30.1 Å². The second kappa shape index (κ2) is 5.07. The summed E-state index contributed by atoms with van der Waals surface area (Å²) in [7, 11) is 0. The van der Waals surface area contributed by atoms with Gasteiger partial charge in [0.05, 0.1) is 12.5 Å². The van der Waals surface area contributed by atoms with E-state index in [1.165, 1.54) is 0 Å². The Balaban J connectivity index is 2.12. The number of carbonyl (C=O) groups is 1. The molecule has 1 fully saturated rings. The summed E-state index contributed by atoms with van der Waals surface area (Å²) in [6, 6.07) is 3.92. The van der Waals surface area contributed by atoms with E-state index in [4.69, 9.17) is 4.74 Å². The van der Waals surface area contributed by atoms with Crippen molar-refractivity contribution >= 4 is 5.97 Å². The van der Waals surface area contributed by atoms with Gasteiger partial charge in [-0.2, -0.15) is 0 Å². The maximum atomic E-state index is 11.8. The molecule has 2 rings (SSSR count). The molecule has 0 aromatic carbocycles. The summed E-state index contributed by atoms with van der Waals surface area (Å²) in [6.45, 7) is 3.80. The predicted molar refractivity (Wildman–Crippen MR) is 60.0 cm³/mol. The van der Waals surface area contributed by atoms with Crippen LogP contribution in [0.2, 0.25) is 0 Å². The van der Waals surface area contributed by atoms with Crippen LogP contribution in [0.1, 0.15) is 18.4 Å². The molecule has 0 aliphatic carbocycles. The SMILES string of the molecule is CCOC(=O)[C@H]1CNC[C@@H]1c1ccncc1. The Kier molecular flexibility index (Phi) is 3.51. The Bertz CT molecular complexity index is 353. The van der Waals surface area contributed by atoms with Crippen molar-refractivity contribution in [2.75, 3.05) is 19.7 Å². The van der Waals surface area contributed by atoms with Gasteiger partial charge in [-0.3, -0.25) is 9.78 Å². The lowest BCUT2D eigenvalue weighted by Crippen LogP contribution is -2.24. The van der Waals surface area contributed by atoms with Crippen molar-refractivity contribution < 1.29 is 9.53 Å². The zero-order valence-electron chi connectivity index (χ0n) is 9.35. The Labute approximate surface area is 95.0 Å². The van der Waals surface area contributed by atoms with Crippen LogP contribution in [0.3, 0.4) is 0 Å². The highest BCUT2D eigenvalue weighted by Crippen LogP contribution is 2.28. The zero-order valence-corrected chi connectivity index (χ0v) is 9.35. The molecular formula is C12H16N2O2. The van der Waals surface area contributed by atoms with E-state index in [1.807, 2.05) is 19.1 Å². The quantitative estimate of drug-likeness (QED) is 0.770. The van der Waals surface area contributed by atoms with Crippen LogP contribution in [0.5, 0.6) is 0 Å². The van der Waals surface area contributed by atoms with Gasteiger partial charge in [0.2, 0.25) is 0 Å². The van der Waals surface area contributed by atoms with E-state index < -0.39 is 0 Å². The lowest BCUT2D eigenvalue weighted by molar-refractivity contribution is -0.147. The molecule has 1 saturated heterocycles. The highest BCUT2D eigenvalue weighted by molar-refractivity contribution is 5.74. The molecule has 0 spiro atoms. The van der Waals surface area contributed by atoms with Crippen molar-refractivity contribution in [2.24, 2.45) is 5.92 Å². The normalized spacial score (nSPS) is 24.3. The fourth-order valence-corrected chi connectivity index (χ4v) is 2.14. The van der Waals surface area contributed by atoms with E-state index in [-0.39, 0.29) is 17.8 Å². The van der Waals surface area contributed by atoms with E-state index in [0.29, 0.717) is 13.2 Å². The van der Waals surface area contributed by atoms with Crippen molar-refractivity contribution in [3.8, 4) is 0 Å². The Morgan fingerprint density at radius 1 is 1.50 bits per heavy atom. The van der Waals surface area contributed by atoms with Crippen LogP contribution in [-0.2, 0) is 9.53 Å². The highest BCUT2D eigenvalue weighted by Gasteiger charge is 2.34. The number of esters is 1. The van der Waals surface area contributed by atoms with Crippen LogP contribution in [0, 0.1) is 5.92 Å². The van der Waals surface area contributed by atoms with Gasteiger partial charge in [-0.1, -0.05) is 0 Å². The van der Waals surface area contributed by atoms with E-state index >= 15 is 0 Å². The summed E-state index contributed by atoms with van der Waals surface area (Å²) in [4.78, 5) is 15.7. The first kappa shape index (κ1) is 11.1. The minimum Gasteiger partial charge on any atom is -0.466 e. The second-order valence-electron chi connectivity index (χ2n) is 3.90. The first-order valence-electron chi connectivity index (χ1n) is 5.60. The van der Waals surface area contributed by atoms with Gasteiger partial charge in [0.25, 0.3) is 0 Å². The third-order valence-electron chi connectivity index (χ3n) is 2.94. The molecule has 0 radical (unpaired) electrons. The van der Waals surface area contributed by atoms with E-state index in [1.54, 1.807) is 12.4 Å². The third kappa shape index (κ3) is 2.22. The topological polar surface area (TPSA) is 51.2 Å². The van der Waals surface area contributed by atoms with Gasteiger partial charge in [-0.15, -0.1) is 0 Å². The van der Waals surface area contributed by atoms with Crippen LogP contribution >= 0.6 is 0 Å². The number of pyridine rings is 1. The molecule has 1 N–H and O–H groups in total. The fourth-order valence-electron chi connectivity index (χ4n) is 2.14. The maximum Gasteiger partial charge on any atom is 0.310 e. The average Bonchev–Trinajstić information content (AvgIpc) is 2.79. The van der Waals surface area contributed by atoms with Gasteiger partial charge in [0.1, 0.15) is 0 Å². The molecule has 86 valence electrons. The van der Waals surface area contributed by atoms with Crippen LogP contribution in [0.15, 0.2) is 24.5 Å². The van der Waals surface area contributed by atoms with Gasteiger partial charge in [-0.05, 0) is 24.6 Å². The summed E-state index contributed by atoms with van der Waals surface area (Å²) in [6.07, 6.45) is 3.52. The smallest absolute Gasteiger partial charge is 0.310 e. The van der Waals surface area contributed by atoms with Gasteiger partial charge < -0.3 is 10.1 Å². The summed E-state index contributed by atoms with van der Waals surface area (Å²) in [5, 5.41) is 3.24. The highest BCUT2D eigenvalue weighted by atomic mass is 16.5. The van der Waals surface area contributed by atoms with Crippen LogP contribution in [-0.4, -0.2) is 30.6 Å². The minimum absolute atomic E-state index is 0.0673. The molecule has 4 nitrogen and oxygen atoms in total. The summed E-state index contributed by atoms with van der Waals surface area (Å²) in [5.41, 5.74) is 1.15. The standard InChI is InChI=1S/C12H16N2O2/c1-2-16-12(15)11-8-14-7-10(11)9-3-5-13-6-4-9/h3-6,10-11,14H,2,7-8H2,1H3/t10-,11+/m1/s1. The molecule has 1 aromatic rings. The van der Waals surface area contributed by atoms with Gasteiger partial charge in [0.15, 0.2) is 0 Å². The summed E-state index contributed by atoms with van der Waals surface area (Å²) >= 11 is 0. The number of carbonyl (C=O) groups excluding carboxylic acids is 1. The second-order valence-corrected chi connectivity index (χ2v) is 3.90. The predicted octanol–water partition coefficient (Wildman–Crippen LogP) is 0.948. The van der Waals surface area contributed by atoms with E-state index in [0.717, 1.165) is 12.1 Å². The molecule has 1 aliphatic heterocycles. The minimum atomic E-state index is -0.102. The van der Waals surface area contributed by atoms with Crippen LogP contribution < -0.4 is 5.32 Å². The molecule has 0 amide bonds. The molecule has 0 unspecified atom stereocenters. The maximum absolute atomic E-state index is 11.8. The lowest BCUT2D eigenvalue weighted by Gasteiger charge is -2.16. The molecular weight excluding hydrogens is 204 g/mol. The fraction of sp³-hybridized carbons (Fsp3) is 0.500. The number of ether oxygens (including phenoxy) is 1. The first-order chi connectivity index (χ1) is 7.83. The number of aromatic nitrogens is 1. The summed E-state index contributed by atoms with van der Waals surface area (Å²) < 4.78 is 5.08. The van der Waals surface area contributed by atoms with Crippen LogP contribution in [0.25, 0.3) is 0 Å². The van der Waals surface area contributed by atoms with E-state index in [2.05, 4.69) is 10.3 Å². The van der Waals surface area contributed by atoms with Crippen molar-refractivity contribution in [1.29, 1.82) is 0 Å². The molecule has 16 heavy (non-hydrogen) atoms. The Morgan fingerprint density at radius 2 is 2.25 bits per heavy atom. The molecule has 4 heteroatoms. The Morgan fingerprint density at radius 3 is 2.94 bits per heavy atom. The molecule has 1 aromatic heterocycles. The molecule has 2 heterocycles. The van der Waals surface area contributed by atoms with Gasteiger partial charge in [0, 0.05) is 31.4 Å². The number of nitrogens with one attached hydrogen (secondary N) is 1.